The molecule has 0 saturated carbocycles. The third-order valence-corrected chi connectivity index (χ3v) is 3.36. The number of fused-ring (bicyclic) bond motifs is 1. The van der Waals surface area contributed by atoms with E-state index in [9.17, 15) is 14.4 Å². The number of hydrogen-bond donors (Lipinski definition) is 1. The molecule has 1 N–H and O–H groups in total. The smallest absolute Gasteiger partial charge is 0.306 e. The van der Waals surface area contributed by atoms with Gasteiger partial charge in [0.25, 0.3) is 0 Å². The Morgan fingerprint density at radius 1 is 1.00 bits per heavy atom. The van der Waals surface area contributed by atoms with Crippen LogP contribution in [0.15, 0.2) is 0 Å². The SMILES string of the molecule is CCC(=O)O[C@@H]1CO[C@H]2[C@@H]1OC[C@H]2OC(=O)CCC(=O)O. The van der Waals surface area contributed by atoms with E-state index < -0.39 is 36.4 Å². The summed E-state index contributed by atoms with van der Waals surface area (Å²) in [4.78, 5) is 33.2. The van der Waals surface area contributed by atoms with Crippen molar-refractivity contribution < 1.29 is 38.4 Å². The number of esters is 2. The minimum Gasteiger partial charge on any atom is -0.481 e. The lowest BCUT2D eigenvalue weighted by Gasteiger charge is -2.17. The highest BCUT2D eigenvalue weighted by atomic mass is 16.7. The van der Waals surface area contributed by atoms with Crippen LogP contribution in [0.2, 0.25) is 0 Å². The summed E-state index contributed by atoms with van der Waals surface area (Å²) in [5.41, 5.74) is 0. The van der Waals surface area contributed by atoms with Crippen molar-refractivity contribution in [2.75, 3.05) is 13.2 Å². The molecule has 0 amide bonds. The van der Waals surface area contributed by atoms with Gasteiger partial charge in [0, 0.05) is 6.42 Å². The molecule has 2 saturated heterocycles. The molecule has 0 aliphatic carbocycles. The first-order valence-corrected chi connectivity index (χ1v) is 6.85. The van der Waals surface area contributed by atoms with Crippen LogP contribution >= 0.6 is 0 Å². The monoisotopic (exact) mass is 302 g/mol. The Labute approximate surface area is 121 Å². The van der Waals surface area contributed by atoms with E-state index >= 15 is 0 Å². The summed E-state index contributed by atoms with van der Waals surface area (Å²) in [7, 11) is 0. The van der Waals surface area contributed by atoms with E-state index in [1.807, 2.05) is 0 Å². The molecular weight excluding hydrogens is 284 g/mol. The molecule has 0 unspecified atom stereocenters. The first-order chi connectivity index (χ1) is 10.0. The summed E-state index contributed by atoms with van der Waals surface area (Å²) in [6.45, 7) is 2.04. The fourth-order valence-electron chi connectivity index (χ4n) is 2.32. The number of aliphatic carboxylic acids is 1. The Morgan fingerprint density at radius 2 is 1.52 bits per heavy atom. The molecule has 21 heavy (non-hydrogen) atoms. The second-order valence-corrected chi connectivity index (χ2v) is 4.90. The quantitative estimate of drug-likeness (QED) is 0.677. The van der Waals surface area contributed by atoms with Crippen LogP contribution in [0, 0.1) is 0 Å². The molecule has 0 radical (unpaired) electrons. The molecule has 2 rings (SSSR count). The van der Waals surface area contributed by atoms with Crippen molar-refractivity contribution in [3.63, 3.8) is 0 Å². The summed E-state index contributed by atoms with van der Waals surface area (Å²) in [5.74, 6) is -2.00. The standard InChI is InChI=1S/C13H18O8/c1-2-10(16)20-7-5-18-13-8(6-19-12(7)13)21-11(17)4-3-9(14)15/h7-8,12-13H,2-6H2,1H3,(H,14,15)/t7-,8-,12-,13-/m1/s1. The molecule has 4 atom stereocenters. The van der Waals surface area contributed by atoms with Crippen molar-refractivity contribution in [1.29, 1.82) is 0 Å². The molecule has 2 aliphatic heterocycles. The summed E-state index contributed by atoms with van der Waals surface area (Å²) in [6.07, 6.45) is -2.23. The molecule has 0 spiro atoms. The highest BCUT2D eigenvalue weighted by molar-refractivity contribution is 5.76. The van der Waals surface area contributed by atoms with Gasteiger partial charge in [-0.1, -0.05) is 6.92 Å². The fourth-order valence-corrected chi connectivity index (χ4v) is 2.32. The third-order valence-electron chi connectivity index (χ3n) is 3.36. The van der Waals surface area contributed by atoms with Crippen LogP contribution < -0.4 is 0 Å². The van der Waals surface area contributed by atoms with Crippen molar-refractivity contribution in [1.82, 2.24) is 0 Å². The van der Waals surface area contributed by atoms with Crippen LogP contribution in [0.1, 0.15) is 26.2 Å². The van der Waals surface area contributed by atoms with Crippen LogP contribution in [0.5, 0.6) is 0 Å². The zero-order chi connectivity index (χ0) is 15.4. The Hall–Kier alpha value is -1.67. The number of carbonyl (C=O) groups is 3. The van der Waals surface area contributed by atoms with Gasteiger partial charge in [0.1, 0.15) is 12.2 Å². The molecule has 0 aromatic heterocycles. The maximum atomic E-state index is 11.5. The Bertz CT molecular complexity index is 420. The van der Waals surface area contributed by atoms with E-state index in [2.05, 4.69) is 0 Å². The third kappa shape index (κ3) is 3.92. The predicted octanol–water partition coefficient (Wildman–Crippen LogP) is -0.118. The zero-order valence-corrected chi connectivity index (χ0v) is 11.6. The van der Waals surface area contributed by atoms with Crippen molar-refractivity contribution in [3.05, 3.63) is 0 Å². The highest BCUT2D eigenvalue weighted by Crippen LogP contribution is 2.30. The summed E-state index contributed by atoms with van der Waals surface area (Å²) < 4.78 is 21.3. The fraction of sp³-hybridized carbons (Fsp3) is 0.769. The Kier molecular flexibility index (Phi) is 5.13. The van der Waals surface area contributed by atoms with Gasteiger partial charge in [0.05, 0.1) is 26.1 Å². The predicted molar refractivity (Wildman–Crippen MR) is 66.4 cm³/mol. The van der Waals surface area contributed by atoms with Crippen molar-refractivity contribution in [3.8, 4) is 0 Å². The van der Waals surface area contributed by atoms with Gasteiger partial charge in [-0.2, -0.15) is 0 Å². The van der Waals surface area contributed by atoms with E-state index in [-0.39, 0.29) is 38.4 Å². The number of hydrogen-bond acceptors (Lipinski definition) is 7. The van der Waals surface area contributed by atoms with E-state index in [1.54, 1.807) is 6.92 Å². The maximum Gasteiger partial charge on any atom is 0.306 e. The van der Waals surface area contributed by atoms with Crippen LogP contribution in [-0.4, -0.2) is 60.6 Å². The van der Waals surface area contributed by atoms with Crippen molar-refractivity contribution in [2.45, 2.75) is 50.6 Å². The number of carbonyl (C=O) groups excluding carboxylic acids is 2. The molecule has 118 valence electrons. The van der Waals surface area contributed by atoms with Crippen molar-refractivity contribution >= 4 is 17.9 Å². The number of ether oxygens (including phenoxy) is 4. The van der Waals surface area contributed by atoms with E-state index in [0.29, 0.717) is 0 Å². The summed E-state index contributed by atoms with van der Waals surface area (Å²) >= 11 is 0. The van der Waals surface area contributed by atoms with Gasteiger partial charge >= 0.3 is 17.9 Å². The Morgan fingerprint density at radius 3 is 2.00 bits per heavy atom. The van der Waals surface area contributed by atoms with Gasteiger partial charge in [-0.05, 0) is 0 Å². The van der Waals surface area contributed by atoms with Gasteiger partial charge < -0.3 is 24.1 Å². The average Bonchev–Trinajstić information content (AvgIpc) is 3.01. The second kappa shape index (κ2) is 6.86. The molecule has 2 heterocycles. The van der Waals surface area contributed by atoms with Gasteiger partial charge in [0.2, 0.25) is 0 Å². The summed E-state index contributed by atoms with van der Waals surface area (Å²) in [5, 5.41) is 8.51. The van der Waals surface area contributed by atoms with Crippen LogP contribution in [0.4, 0.5) is 0 Å². The minimum atomic E-state index is -1.06. The van der Waals surface area contributed by atoms with Crippen LogP contribution in [-0.2, 0) is 33.3 Å². The van der Waals surface area contributed by atoms with Crippen LogP contribution in [0.25, 0.3) is 0 Å². The molecule has 2 aliphatic rings. The van der Waals surface area contributed by atoms with E-state index in [4.69, 9.17) is 24.1 Å². The summed E-state index contributed by atoms with van der Waals surface area (Å²) in [6, 6.07) is 0. The number of rotatable bonds is 6. The highest BCUT2D eigenvalue weighted by Gasteiger charge is 2.51. The maximum absolute atomic E-state index is 11.5. The normalized spacial score (nSPS) is 30.7. The van der Waals surface area contributed by atoms with Gasteiger partial charge in [-0.3, -0.25) is 14.4 Å². The largest absolute Gasteiger partial charge is 0.481 e. The first kappa shape index (κ1) is 15.7. The topological polar surface area (TPSA) is 108 Å². The molecule has 8 heteroatoms. The van der Waals surface area contributed by atoms with E-state index in [0.717, 1.165) is 0 Å². The first-order valence-electron chi connectivity index (χ1n) is 6.85. The molecule has 0 aromatic rings. The number of carboxylic acid groups (broad SMARTS) is 1. The Balaban J connectivity index is 1.82. The van der Waals surface area contributed by atoms with Crippen molar-refractivity contribution in [2.24, 2.45) is 0 Å². The minimum absolute atomic E-state index is 0.147. The lowest BCUT2D eigenvalue weighted by atomic mass is 10.1. The molecule has 0 bridgehead atoms. The number of carboxylic acids is 1. The lowest BCUT2D eigenvalue weighted by Crippen LogP contribution is -2.35. The molecular formula is C13H18O8. The average molecular weight is 302 g/mol. The van der Waals surface area contributed by atoms with Gasteiger partial charge in [0.15, 0.2) is 12.2 Å². The van der Waals surface area contributed by atoms with Gasteiger partial charge in [-0.25, -0.2) is 0 Å². The van der Waals surface area contributed by atoms with Gasteiger partial charge in [-0.15, -0.1) is 0 Å². The van der Waals surface area contributed by atoms with E-state index in [1.165, 1.54) is 0 Å². The zero-order valence-electron chi connectivity index (χ0n) is 11.6. The molecule has 8 nitrogen and oxygen atoms in total. The lowest BCUT2D eigenvalue weighted by molar-refractivity contribution is -0.156. The molecule has 2 fully saturated rings. The van der Waals surface area contributed by atoms with Crippen LogP contribution in [0.3, 0.4) is 0 Å². The molecule has 0 aromatic carbocycles. The second-order valence-electron chi connectivity index (χ2n) is 4.90.